The van der Waals surface area contributed by atoms with Gasteiger partial charge in [-0.25, -0.2) is 4.98 Å². The molecule has 3 aromatic rings. The Labute approximate surface area is 130 Å². The number of pyridine rings is 3. The van der Waals surface area contributed by atoms with Gasteiger partial charge in [-0.05, 0) is 24.3 Å². The molecule has 22 heavy (non-hydrogen) atoms. The Morgan fingerprint density at radius 2 is 1.91 bits per heavy atom. The normalized spacial score (nSPS) is 10.0. The Kier molecular flexibility index (Phi) is 5.38. The van der Waals surface area contributed by atoms with Crippen LogP contribution in [0.25, 0.3) is 22.2 Å². The average molecular weight is 296 g/mol. The molecular formula is C17H20N4O. The van der Waals surface area contributed by atoms with Crippen molar-refractivity contribution < 1.29 is 4.74 Å². The lowest BCUT2D eigenvalue weighted by molar-refractivity contribution is 0.413. The molecule has 0 saturated carbocycles. The number of fused-ring (bicyclic) bond motifs is 1. The zero-order valence-electron chi connectivity index (χ0n) is 13.1. The van der Waals surface area contributed by atoms with Crippen LogP contribution < -0.4 is 10.5 Å². The summed E-state index contributed by atoms with van der Waals surface area (Å²) >= 11 is 0. The highest BCUT2D eigenvalue weighted by atomic mass is 16.5. The van der Waals surface area contributed by atoms with Crippen LogP contribution >= 0.6 is 0 Å². The van der Waals surface area contributed by atoms with Gasteiger partial charge in [-0.15, -0.1) is 0 Å². The molecule has 3 rings (SSSR count). The molecule has 2 N–H and O–H groups in total. The van der Waals surface area contributed by atoms with Crippen molar-refractivity contribution in [1.29, 1.82) is 0 Å². The zero-order chi connectivity index (χ0) is 15.9. The number of hydrogen-bond acceptors (Lipinski definition) is 5. The van der Waals surface area contributed by atoms with E-state index in [9.17, 15) is 0 Å². The fourth-order valence-electron chi connectivity index (χ4n) is 2.00. The van der Waals surface area contributed by atoms with E-state index in [2.05, 4.69) is 15.0 Å². The van der Waals surface area contributed by atoms with Crippen LogP contribution in [0.15, 0.2) is 42.9 Å². The summed E-state index contributed by atoms with van der Waals surface area (Å²) in [6.45, 7) is 4.41. The first-order valence-corrected chi connectivity index (χ1v) is 7.25. The molecule has 5 nitrogen and oxygen atoms in total. The number of methoxy groups -OCH3 is 1. The smallest absolute Gasteiger partial charge is 0.137 e. The van der Waals surface area contributed by atoms with Gasteiger partial charge in [0, 0.05) is 29.9 Å². The molecule has 0 aliphatic carbocycles. The van der Waals surface area contributed by atoms with Crippen LogP contribution in [0.3, 0.4) is 0 Å². The summed E-state index contributed by atoms with van der Waals surface area (Å²) in [5.74, 6) is 0.710. The summed E-state index contributed by atoms with van der Waals surface area (Å²) < 4.78 is 5.18. The van der Waals surface area contributed by atoms with E-state index in [0.717, 1.165) is 27.9 Å². The number of rotatable bonds is 3. The fraction of sp³-hybridized carbons (Fsp3) is 0.235. The average Bonchev–Trinajstić information content (AvgIpc) is 2.62. The second-order valence-electron chi connectivity index (χ2n) is 4.38. The van der Waals surface area contributed by atoms with Crippen LogP contribution in [0, 0.1) is 0 Å². The minimum Gasteiger partial charge on any atom is -0.495 e. The molecule has 0 radical (unpaired) electrons. The van der Waals surface area contributed by atoms with Gasteiger partial charge in [-0.3, -0.25) is 9.97 Å². The van der Waals surface area contributed by atoms with Crippen molar-refractivity contribution in [2.75, 3.05) is 7.11 Å². The molecule has 114 valence electrons. The second kappa shape index (κ2) is 7.47. The Hall–Kier alpha value is -2.53. The predicted molar refractivity (Wildman–Crippen MR) is 88.6 cm³/mol. The largest absolute Gasteiger partial charge is 0.495 e. The third-order valence-electron chi connectivity index (χ3n) is 3.08. The summed E-state index contributed by atoms with van der Waals surface area (Å²) in [5, 5.41) is 0.988. The van der Waals surface area contributed by atoms with Gasteiger partial charge in [0.1, 0.15) is 5.75 Å². The van der Waals surface area contributed by atoms with Crippen LogP contribution in [-0.2, 0) is 6.54 Å². The summed E-state index contributed by atoms with van der Waals surface area (Å²) in [6, 6.07) is 7.76. The summed E-state index contributed by atoms with van der Waals surface area (Å²) in [6.07, 6.45) is 5.22. The maximum Gasteiger partial charge on any atom is 0.137 e. The van der Waals surface area contributed by atoms with Crippen molar-refractivity contribution in [2.45, 2.75) is 20.4 Å². The first kappa shape index (κ1) is 15.9. The number of hydrogen-bond donors (Lipinski definition) is 1. The van der Waals surface area contributed by atoms with E-state index in [0.29, 0.717) is 12.3 Å². The number of nitrogens with zero attached hydrogens (tertiary/aromatic N) is 3. The van der Waals surface area contributed by atoms with Gasteiger partial charge in [0.2, 0.25) is 0 Å². The van der Waals surface area contributed by atoms with Crippen LogP contribution in [0.2, 0.25) is 0 Å². The first-order valence-electron chi connectivity index (χ1n) is 7.25. The zero-order valence-corrected chi connectivity index (χ0v) is 13.1. The van der Waals surface area contributed by atoms with Gasteiger partial charge in [0.25, 0.3) is 0 Å². The lowest BCUT2D eigenvalue weighted by Gasteiger charge is -2.05. The maximum absolute atomic E-state index is 5.61. The van der Waals surface area contributed by atoms with Gasteiger partial charge in [-0.1, -0.05) is 13.8 Å². The summed E-state index contributed by atoms with van der Waals surface area (Å²) in [5.41, 5.74) is 9.07. The van der Waals surface area contributed by atoms with Gasteiger partial charge in [0.15, 0.2) is 0 Å². The van der Waals surface area contributed by atoms with Crippen LogP contribution in [0.4, 0.5) is 0 Å². The highest BCUT2D eigenvalue weighted by molar-refractivity contribution is 5.81. The standard InChI is InChI=1S/C15H14N4O.C2H6/c1-20-13-4-11(7-17-9-13)14-3-2-10-8-18-12(6-16)5-15(10)19-14;1-2/h2-5,7-9H,6,16H2,1H3;1-2H3. The lowest BCUT2D eigenvalue weighted by atomic mass is 10.1. The molecule has 0 spiro atoms. The van der Waals surface area contributed by atoms with E-state index in [1.54, 1.807) is 25.7 Å². The minimum atomic E-state index is 0.405. The molecule has 0 amide bonds. The SMILES string of the molecule is CC.COc1cncc(-c2ccc3cnc(CN)cc3n2)c1. The first-order chi connectivity index (χ1) is 10.8. The molecule has 0 aliphatic rings. The Balaban J connectivity index is 0.000000847. The number of ether oxygens (including phenoxy) is 1. The van der Waals surface area contributed by atoms with Crippen molar-refractivity contribution in [2.24, 2.45) is 5.73 Å². The highest BCUT2D eigenvalue weighted by Crippen LogP contribution is 2.23. The van der Waals surface area contributed by atoms with Crippen molar-refractivity contribution in [3.63, 3.8) is 0 Å². The summed E-state index contributed by atoms with van der Waals surface area (Å²) in [4.78, 5) is 13.0. The Morgan fingerprint density at radius 3 is 2.64 bits per heavy atom. The van der Waals surface area contributed by atoms with Gasteiger partial charge >= 0.3 is 0 Å². The minimum absolute atomic E-state index is 0.405. The highest BCUT2D eigenvalue weighted by Gasteiger charge is 2.04. The predicted octanol–water partition coefficient (Wildman–Crippen LogP) is 3.19. The molecular weight excluding hydrogens is 276 g/mol. The Bertz CT molecular complexity index is 758. The van der Waals surface area contributed by atoms with Crippen LogP contribution in [-0.4, -0.2) is 22.1 Å². The molecule has 0 atom stereocenters. The molecule has 0 aromatic carbocycles. The van der Waals surface area contributed by atoms with Crippen molar-refractivity contribution in [1.82, 2.24) is 15.0 Å². The van der Waals surface area contributed by atoms with Crippen LogP contribution in [0.5, 0.6) is 5.75 Å². The topological polar surface area (TPSA) is 73.9 Å². The van der Waals surface area contributed by atoms with E-state index in [-0.39, 0.29) is 0 Å². The van der Waals surface area contributed by atoms with E-state index >= 15 is 0 Å². The van der Waals surface area contributed by atoms with Crippen molar-refractivity contribution >= 4 is 10.9 Å². The van der Waals surface area contributed by atoms with Crippen molar-refractivity contribution in [3.05, 3.63) is 48.5 Å². The van der Waals surface area contributed by atoms with Gasteiger partial charge in [0.05, 0.1) is 30.2 Å². The van der Waals surface area contributed by atoms with Gasteiger partial charge < -0.3 is 10.5 Å². The quantitative estimate of drug-likeness (QED) is 0.803. The van der Waals surface area contributed by atoms with Crippen LogP contribution in [0.1, 0.15) is 19.5 Å². The third-order valence-corrected chi connectivity index (χ3v) is 3.08. The third kappa shape index (κ3) is 3.38. The van der Waals surface area contributed by atoms with E-state index < -0.39 is 0 Å². The van der Waals surface area contributed by atoms with E-state index in [1.165, 1.54) is 0 Å². The Morgan fingerprint density at radius 1 is 1.09 bits per heavy atom. The number of nitrogens with two attached hydrogens (primary N) is 1. The molecule has 0 aliphatic heterocycles. The number of aromatic nitrogens is 3. The lowest BCUT2D eigenvalue weighted by Crippen LogP contribution is -1.99. The maximum atomic E-state index is 5.61. The van der Waals surface area contributed by atoms with Crippen molar-refractivity contribution in [3.8, 4) is 17.0 Å². The van der Waals surface area contributed by atoms with E-state index in [1.807, 2.05) is 38.1 Å². The fourth-order valence-corrected chi connectivity index (χ4v) is 2.00. The van der Waals surface area contributed by atoms with Gasteiger partial charge in [-0.2, -0.15) is 0 Å². The molecule has 0 unspecified atom stereocenters. The molecule has 3 aromatic heterocycles. The molecule has 5 heteroatoms. The molecule has 0 fully saturated rings. The molecule has 0 saturated heterocycles. The van der Waals surface area contributed by atoms with E-state index in [4.69, 9.17) is 10.5 Å². The molecule has 3 heterocycles. The monoisotopic (exact) mass is 296 g/mol. The summed E-state index contributed by atoms with van der Waals surface area (Å²) in [7, 11) is 1.62. The molecule has 0 bridgehead atoms. The second-order valence-corrected chi connectivity index (χ2v) is 4.38.